The third-order valence-electron chi connectivity index (χ3n) is 2.43. The molecular weight excluding hydrogens is 210 g/mol. The van der Waals surface area contributed by atoms with E-state index in [0.717, 1.165) is 29.9 Å². The number of carbonyl (C=O) groups is 1. The van der Waals surface area contributed by atoms with Gasteiger partial charge in [0.25, 0.3) is 0 Å². The van der Waals surface area contributed by atoms with E-state index in [1.807, 2.05) is 25.6 Å². The molecule has 15 heavy (non-hydrogen) atoms. The molecule has 2 N–H and O–H groups in total. The first kappa shape index (κ1) is 12.6. The molecule has 0 aromatic carbocycles. The fraction of sp³-hybridized carbons (Fsp3) is 0.727. The van der Waals surface area contributed by atoms with E-state index < -0.39 is 5.60 Å². The van der Waals surface area contributed by atoms with Crippen LogP contribution in [-0.4, -0.2) is 34.7 Å². The minimum absolute atomic E-state index is 0.110. The quantitative estimate of drug-likeness (QED) is 0.718. The molecule has 1 aliphatic rings. The molecule has 1 aliphatic heterocycles. The van der Waals surface area contributed by atoms with Crippen LogP contribution in [0, 0.1) is 0 Å². The lowest BCUT2D eigenvalue weighted by atomic mass is 9.97. The van der Waals surface area contributed by atoms with Gasteiger partial charge < -0.3 is 10.4 Å². The van der Waals surface area contributed by atoms with Crippen molar-refractivity contribution in [1.82, 2.24) is 5.32 Å². The van der Waals surface area contributed by atoms with Crippen LogP contribution in [0.25, 0.3) is 0 Å². The highest BCUT2D eigenvalue weighted by atomic mass is 32.2. The highest BCUT2D eigenvalue weighted by Crippen LogP contribution is 2.26. The molecular formula is C11H19NO2S. The first-order chi connectivity index (χ1) is 7.02. The molecule has 0 aromatic heterocycles. The van der Waals surface area contributed by atoms with Gasteiger partial charge in [-0.15, -0.1) is 0 Å². The van der Waals surface area contributed by atoms with Gasteiger partial charge in [0.1, 0.15) is 0 Å². The maximum atomic E-state index is 11.3. The van der Waals surface area contributed by atoms with Crippen molar-refractivity contribution in [3.63, 3.8) is 0 Å². The predicted molar refractivity (Wildman–Crippen MR) is 63.9 cm³/mol. The number of allylic oxidation sites excluding steroid dienone is 1. The molecule has 1 amide bonds. The Morgan fingerprint density at radius 2 is 2.07 bits per heavy atom. The fourth-order valence-electron chi connectivity index (χ4n) is 1.49. The SMILES string of the molecule is CC(C)=CC(=O)NCC1(O)CCSCC1. The van der Waals surface area contributed by atoms with Crippen LogP contribution in [0.2, 0.25) is 0 Å². The van der Waals surface area contributed by atoms with Gasteiger partial charge >= 0.3 is 0 Å². The van der Waals surface area contributed by atoms with Gasteiger partial charge in [0.2, 0.25) is 5.91 Å². The van der Waals surface area contributed by atoms with Crippen molar-refractivity contribution in [2.75, 3.05) is 18.1 Å². The Bertz CT molecular complexity index is 253. The summed E-state index contributed by atoms with van der Waals surface area (Å²) in [5.41, 5.74) is 0.287. The van der Waals surface area contributed by atoms with E-state index in [1.165, 1.54) is 0 Å². The maximum Gasteiger partial charge on any atom is 0.244 e. The minimum Gasteiger partial charge on any atom is -0.388 e. The van der Waals surface area contributed by atoms with Gasteiger partial charge in [-0.05, 0) is 38.2 Å². The summed E-state index contributed by atoms with van der Waals surface area (Å²) in [5, 5.41) is 12.9. The van der Waals surface area contributed by atoms with E-state index in [-0.39, 0.29) is 5.91 Å². The second kappa shape index (κ2) is 5.56. The molecule has 0 spiro atoms. The number of hydrogen-bond donors (Lipinski definition) is 2. The topological polar surface area (TPSA) is 49.3 Å². The third-order valence-corrected chi connectivity index (χ3v) is 3.42. The van der Waals surface area contributed by atoms with Gasteiger partial charge in [-0.3, -0.25) is 4.79 Å². The van der Waals surface area contributed by atoms with Gasteiger partial charge in [0.15, 0.2) is 0 Å². The lowest BCUT2D eigenvalue weighted by molar-refractivity contribution is -0.117. The number of carbonyl (C=O) groups excluding carboxylic acids is 1. The molecule has 0 radical (unpaired) electrons. The van der Waals surface area contributed by atoms with E-state index in [1.54, 1.807) is 6.08 Å². The van der Waals surface area contributed by atoms with Crippen molar-refractivity contribution in [2.45, 2.75) is 32.3 Å². The molecule has 0 bridgehead atoms. The highest BCUT2D eigenvalue weighted by molar-refractivity contribution is 7.99. The summed E-state index contributed by atoms with van der Waals surface area (Å²) in [4.78, 5) is 11.3. The van der Waals surface area contributed by atoms with Crippen LogP contribution in [0.5, 0.6) is 0 Å². The molecule has 86 valence electrons. The average Bonchev–Trinajstić information content (AvgIpc) is 2.15. The molecule has 1 saturated heterocycles. The smallest absolute Gasteiger partial charge is 0.244 e. The van der Waals surface area contributed by atoms with Crippen molar-refractivity contribution >= 4 is 17.7 Å². The standard InChI is InChI=1S/C11H19NO2S/c1-9(2)7-10(13)12-8-11(14)3-5-15-6-4-11/h7,14H,3-6,8H2,1-2H3,(H,12,13). The lowest BCUT2D eigenvalue weighted by Gasteiger charge is -2.31. The monoisotopic (exact) mass is 229 g/mol. The molecule has 0 atom stereocenters. The largest absolute Gasteiger partial charge is 0.388 e. The van der Waals surface area contributed by atoms with Gasteiger partial charge in [-0.2, -0.15) is 11.8 Å². The van der Waals surface area contributed by atoms with Gasteiger partial charge in [0, 0.05) is 12.6 Å². The third kappa shape index (κ3) is 4.71. The fourth-order valence-corrected chi connectivity index (χ4v) is 2.75. The summed E-state index contributed by atoms with van der Waals surface area (Å²) in [7, 11) is 0. The van der Waals surface area contributed by atoms with Crippen LogP contribution in [0.3, 0.4) is 0 Å². The van der Waals surface area contributed by atoms with E-state index in [2.05, 4.69) is 5.32 Å². The highest BCUT2D eigenvalue weighted by Gasteiger charge is 2.29. The van der Waals surface area contributed by atoms with Crippen LogP contribution in [0.15, 0.2) is 11.6 Å². The molecule has 4 heteroatoms. The Morgan fingerprint density at radius 1 is 1.47 bits per heavy atom. The summed E-state index contributed by atoms with van der Waals surface area (Å²) in [5.74, 6) is 1.85. The number of amides is 1. The molecule has 3 nitrogen and oxygen atoms in total. The Balaban J connectivity index is 2.35. The summed E-state index contributed by atoms with van der Waals surface area (Å²) in [6.07, 6.45) is 3.10. The summed E-state index contributed by atoms with van der Waals surface area (Å²) >= 11 is 1.86. The van der Waals surface area contributed by atoms with Crippen LogP contribution in [0.1, 0.15) is 26.7 Å². The van der Waals surface area contributed by atoms with Crippen LogP contribution in [-0.2, 0) is 4.79 Å². The molecule has 1 fully saturated rings. The van der Waals surface area contributed by atoms with E-state index in [4.69, 9.17) is 0 Å². The zero-order valence-corrected chi connectivity index (χ0v) is 10.2. The molecule has 0 aromatic rings. The number of thioether (sulfide) groups is 1. The van der Waals surface area contributed by atoms with Crippen molar-refractivity contribution < 1.29 is 9.90 Å². The molecule has 1 heterocycles. The van der Waals surface area contributed by atoms with Crippen LogP contribution >= 0.6 is 11.8 Å². The first-order valence-electron chi connectivity index (χ1n) is 5.25. The van der Waals surface area contributed by atoms with Crippen LogP contribution < -0.4 is 5.32 Å². The van der Waals surface area contributed by atoms with E-state index in [9.17, 15) is 9.90 Å². The van der Waals surface area contributed by atoms with Crippen LogP contribution in [0.4, 0.5) is 0 Å². The number of nitrogens with one attached hydrogen (secondary N) is 1. The Labute approximate surface area is 95.3 Å². The van der Waals surface area contributed by atoms with E-state index >= 15 is 0 Å². The molecule has 0 saturated carbocycles. The first-order valence-corrected chi connectivity index (χ1v) is 6.40. The minimum atomic E-state index is -0.684. The second-order valence-corrected chi connectivity index (χ2v) is 5.50. The average molecular weight is 229 g/mol. The van der Waals surface area contributed by atoms with Gasteiger partial charge in [0.05, 0.1) is 5.60 Å². The van der Waals surface area contributed by atoms with Gasteiger partial charge in [-0.25, -0.2) is 0 Å². The zero-order chi connectivity index (χ0) is 11.3. The Morgan fingerprint density at radius 3 is 2.60 bits per heavy atom. The second-order valence-electron chi connectivity index (χ2n) is 4.28. The van der Waals surface area contributed by atoms with Crippen molar-refractivity contribution in [3.8, 4) is 0 Å². The predicted octanol–water partition coefficient (Wildman–Crippen LogP) is 1.33. The van der Waals surface area contributed by atoms with Crippen molar-refractivity contribution in [1.29, 1.82) is 0 Å². The number of rotatable bonds is 3. The lowest BCUT2D eigenvalue weighted by Crippen LogP contribution is -2.45. The maximum absolute atomic E-state index is 11.3. The number of aliphatic hydroxyl groups is 1. The van der Waals surface area contributed by atoms with E-state index in [0.29, 0.717) is 6.54 Å². The zero-order valence-electron chi connectivity index (χ0n) is 9.38. The molecule has 0 aliphatic carbocycles. The van der Waals surface area contributed by atoms with Crippen molar-refractivity contribution in [3.05, 3.63) is 11.6 Å². The summed E-state index contributed by atoms with van der Waals surface area (Å²) < 4.78 is 0. The van der Waals surface area contributed by atoms with Gasteiger partial charge in [-0.1, -0.05) is 5.57 Å². The summed E-state index contributed by atoms with van der Waals surface area (Å²) in [6, 6.07) is 0. The molecule has 0 unspecified atom stereocenters. The summed E-state index contributed by atoms with van der Waals surface area (Å²) in [6.45, 7) is 4.13. The Hall–Kier alpha value is -0.480. The molecule has 1 rings (SSSR count). The van der Waals surface area contributed by atoms with Crippen molar-refractivity contribution in [2.24, 2.45) is 0 Å². The normalized spacial score (nSPS) is 19.4. The Kier molecular flexibility index (Phi) is 4.67. The number of hydrogen-bond acceptors (Lipinski definition) is 3.